The number of hydrogen-bond acceptors (Lipinski definition) is 4. The van der Waals surface area contributed by atoms with Gasteiger partial charge in [-0.05, 0) is 85.5 Å². The van der Waals surface area contributed by atoms with E-state index in [4.69, 9.17) is 14.5 Å². The number of fused-ring (bicyclic) bond motifs is 6. The number of hydrogen-bond donors (Lipinski definition) is 1. The fourth-order valence-corrected chi connectivity index (χ4v) is 9.71. The van der Waals surface area contributed by atoms with Gasteiger partial charge in [0.1, 0.15) is 5.84 Å². The molecule has 4 heteroatoms. The van der Waals surface area contributed by atoms with E-state index < -0.39 is 5.41 Å². The first-order valence-electron chi connectivity index (χ1n) is 21.5. The van der Waals surface area contributed by atoms with Crippen LogP contribution >= 0.6 is 0 Å². The van der Waals surface area contributed by atoms with Gasteiger partial charge >= 0.3 is 0 Å². The van der Waals surface area contributed by atoms with Crippen molar-refractivity contribution in [3.63, 3.8) is 0 Å². The molecule has 0 radical (unpaired) electrons. The second kappa shape index (κ2) is 15.1. The van der Waals surface area contributed by atoms with Crippen molar-refractivity contribution in [2.75, 3.05) is 0 Å². The van der Waals surface area contributed by atoms with Crippen LogP contribution in [0, 0.1) is 0 Å². The molecule has 2 heterocycles. The summed E-state index contributed by atoms with van der Waals surface area (Å²) in [6.07, 6.45) is 2.22. The van der Waals surface area contributed by atoms with E-state index in [1.807, 2.05) is 12.1 Å². The summed E-state index contributed by atoms with van der Waals surface area (Å²) in [4.78, 5) is 5.19. The average Bonchev–Trinajstić information content (AvgIpc) is 3.68. The van der Waals surface area contributed by atoms with Crippen LogP contribution in [0.4, 0.5) is 0 Å². The SMILES string of the molecule is C1=C(c2ccc(-c3ccccc3)cc2)N=C(c2ccc(-c3ccc4c(c3)Oc3ccc5c(c3O4)-c3ccccc3C5(c3ccccc3)c3ccccc3)cc2)NC1c1ccccc1. The van der Waals surface area contributed by atoms with E-state index in [0.717, 1.165) is 50.7 Å². The molecule has 9 aromatic carbocycles. The first-order valence-corrected chi connectivity index (χ1v) is 21.5. The number of ether oxygens (including phenoxy) is 2. The van der Waals surface area contributed by atoms with Crippen LogP contribution in [0.25, 0.3) is 39.1 Å². The average molecular weight is 809 g/mol. The van der Waals surface area contributed by atoms with Crippen LogP contribution in [0.1, 0.15) is 45.0 Å². The Balaban J connectivity index is 0.861. The van der Waals surface area contributed by atoms with Crippen LogP contribution in [0.5, 0.6) is 23.0 Å². The van der Waals surface area contributed by atoms with Crippen molar-refractivity contribution < 1.29 is 9.47 Å². The molecule has 0 saturated carbocycles. The van der Waals surface area contributed by atoms with Crippen LogP contribution in [0.15, 0.2) is 236 Å². The molecule has 1 atom stereocenters. The maximum atomic E-state index is 6.90. The molecular weight excluding hydrogens is 769 g/mol. The predicted octanol–water partition coefficient (Wildman–Crippen LogP) is 14.4. The number of amidine groups is 1. The second-order valence-electron chi connectivity index (χ2n) is 16.3. The molecule has 298 valence electrons. The van der Waals surface area contributed by atoms with Crippen LogP contribution in [-0.4, -0.2) is 5.84 Å². The zero-order valence-electron chi connectivity index (χ0n) is 34.3. The quantitative estimate of drug-likeness (QED) is 0.174. The Hall–Kier alpha value is -8.21. The number of rotatable bonds is 7. The van der Waals surface area contributed by atoms with E-state index in [-0.39, 0.29) is 6.04 Å². The third kappa shape index (κ3) is 6.18. The highest BCUT2D eigenvalue weighted by atomic mass is 16.6. The molecule has 9 aromatic rings. The highest BCUT2D eigenvalue weighted by Gasteiger charge is 2.48. The van der Waals surface area contributed by atoms with Crippen molar-refractivity contribution >= 4 is 11.5 Å². The van der Waals surface area contributed by atoms with E-state index in [1.165, 1.54) is 38.9 Å². The Kier molecular flexibility index (Phi) is 8.75. The molecule has 0 spiro atoms. The van der Waals surface area contributed by atoms with Gasteiger partial charge in [-0.2, -0.15) is 0 Å². The van der Waals surface area contributed by atoms with Gasteiger partial charge in [-0.3, -0.25) is 0 Å². The van der Waals surface area contributed by atoms with Gasteiger partial charge in [-0.15, -0.1) is 0 Å². The smallest absolute Gasteiger partial charge is 0.178 e. The highest BCUT2D eigenvalue weighted by Crippen LogP contribution is 2.62. The van der Waals surface area contributed by atoms with Crippen molar-refractivity contribution in [1.82, 2.24) is 5.32 Å². The molecule has 3 aliphatic rings. The van der Waals surface area contributed by atoms with E-state index >= 15 is 0 Å². The molecule has 63 heavy (non-hydrogen) atoms. The van der Waals surface area contributed by atoms with Crippen molar-refractivity contribution in [1.29, 1.82) is 0 Å². The molecule has 1 N–H and O–H groups in total. The lowest BCUT2D eigenvalue weighted by Crippen LogP contribution is -2.31. The minimum absolute atomic E-state index is 0.0364. The molecule has 1 aliphatic carbocycles. The summed E-state index contributed by atoms with van der Waals surface area (Å²) >= 11 is 0. The van der Waals surface area contributed by atoms with Gasteiger partial charge in [-0.1, -0.05) is 206 Å². The van der Waals surface area contributed by atoms with Gasteiger partial charge in [-0.25, -0.2) is 4.99 Å². The minimum atomic E-state index is -0.518. The number of aliphatic imine (C=N–C) groups is 1. The summed E-state index contributed by atoms with van der Waals surface area (Å²) in [5.74, 6) is 3.65. The van der Waals surface area contributed by atoms with Crippen LogP contribution in [0.3, 0.4) is 0 Å². The second-order valence-corrected chi connectivity index (χ2v) is 16.3. The minimum Gasteiger partial charge on any atom is -0.449 e. The molecule has 0 fully saturated rings. The van der Waals surface area contributed by atoms with Gasteiger partial charge < -0.3 is 14.8 Å². The lowest BCUT2D eigenvalue weighted by molar-refractivity contribution is 0.360. The van der Waals surface area contributed by atoms with Crippen molar-refractivity contribution in [3.8, 4) is 56.4 Å². The molecule has 0 saturated heterocycles. The summed E-state index contributed by atoms with van der Waals surface area (Å²) in [5.41, 5.74) is 15.2. The molecule has 12 rings (SSSR count). The van der Waals surface area contributed by atoms with Gasteiger partial charge in [0.2, 0.25) is 0 Å². The Labute approximate surface area is 367 Å². The molecule has 1 unspecified atom stereocenters. The van der Waals surface area contributed by atoms with E-state index in [9.17, 15) is 0 Å². The maximum absolute atomic E-state index is 6.90. The number of nitrogens with one attached hydrogen (secondary N) is 1. The van der Waals surface area contributed by atoms with Gasteiger partial charge in [0.25, 0.3) is 0 Å². The molecule has 0 bridgehead atoms. The molecular formula is C59H40N2O2. The summed E-state index contributed by atoms with van der Waals surface area (Å²) in [6, 6.07) is 79.1. The van der Waals surface area contributed by atoms with E-state index in [0.29, 0.717) is 17.2 Å². The Bertz CT molecular complexity index is 3170. The fraction of sp³-hybridized carbons (Fsp3) is 0.0339. The zero-order chi connectivity index (χ0) is 41.7. The maximum Gasteiger partial charge on any atom is 0.178 e. The molecule has 2 aliphatic heterocycles. The van der Waals surface area contributed by atoms with E-state index in [1.54, 1.807) is 0 Å². The topological polar surface area (TPSA) is 42.9 Å². The summed E-state index contributed by atoms with van der Waals surface area (Å²) < 4.78 is 13.7. The normalized spacial score (nSPS) is 15.2. The van der Waals surface area contributed by atoms with Gasteiger partial charge in [0.05, 0.1) is 17.2 Å². The van der Waals surface area contributed by atoms with Crippen molar-refractivity contribution in [3.05, 3.63) is 269 Å². The number of benzene rings is 9. The van der Waals surface area contributed by atoms with Crippen molar-refractivity contribution in [2.45, 2.75) is 11.5 Å². The Morgan fingerprint density at radius 3 is 1.65 bits per heavy atom. The molecule has 0 amide bonds. The Morgan fingerprint density at radius 1 is 0.413 bits per heavy atom. The monoisotopic (exact) mass is 808 g/mol. The predicted molar refractivity (Wildman–Crippen MR) is 254 cm³/mol. The van der Waals surface area contributed by atoms with Gasteiger partial charge in [0, 0.05) is 11.1 Å². The molecule has 4 nitrogen and oxygen atoms in total. The summed E-state index contributed by atoms with van der Waals surface area (Å²) in [6.45, 7) is 0. The highest BCUT2D eigenvalue weighted by molar-refractivity contribution is 6.04. The van der Waals surface area contributed by atoms with Gasteiger partial charge in [0.15, 0.2) is 23.0 Å². The lowest BCUT2D eigenvalue weighted by Gasteiger charge is -2.34. The van der Waals surface area contributed by atoms with E-state index in [2.05, 4.69) is 224 Å². The lowest BCUT2D eigenvalue weighted by atomic mass is 9.68. The first kappa shape index (κ1) is 36.6. The van der Waals surface area contributed by atoms with Crippen molar-refractivity contribution in [2.24, 2.45) is 4.99 Å². The number of nitrogens with zero attached hydrogens (tertiary/aromatic N) is 1. The molecule has 0 aromatic heterocycles. The standard InChI is InChI=1S/C59H40N2O2/c1-5-15-39(16-6-1)40-25-29-43(30-26-40)52-38-51(42-17-7-2-8-18-42)60-58(61-52)44-31-27-41(28-32-44)45-33-35-53-55(37-45)62-54-36-34-50-56(57(54)63-53)48-23-13-14-24-49(48)59(50,46-19-9-3-10-20-46)47-21-11-4-12-22-47/h1-38,51H,(H,60,61). The largest absolute Gasteiger partial charge is 0.449 e. The third-order valence-electron chi connectivity index (χ3n) is 12.7. The van der Waals surface area contributed by atoms with Crippen LogP contribution < -0.4 is 14.8 Å². The zero-order valence-corrected chi connectivity index (χ0v) is 34.3. The van der Waals surface area contributed by atoms with Crippen LogP contribution in [-0.2, 0) is 5.41 Å². The summed E-state index contributed by atoms with van der Waals surface area (Å²) in [7, 11) is 0. The third-order valence-corrected chi connectivity index (χ3v) is 12.7. The summed E-state index contributed by atoms with van der Waals surface area (Å²) in [5, 5.41) is 3.72. The van der Waals surface area contributed by atoms with Crippen LogP contribution in [0.2, 0.25) is 0 Å². The fourth-order valence-electron chi connectivity index (χ4n) is 9.71. The Morgan fingerprint density at radius 2 is 0.952 bits per heavy atom. The first-order chi connectivity index (χ1) is 31.2.